The summed E-state index contributed by atoms with van der Waals surface area (Å²) in [6.07, 6.45) is -7.42. The maximum absolute atomic E-state index is 14.9. The zero-order valence-electron chi connectivity index (χ0n) is 33.9. The normalized spacial score (nSPS) is 34.0. The minimum absolute atomic E-state index is 0.0425. The fourth-order valence-corrected chi connectivity index (χ4v) is 10.3. The summed E-state index contributed by atoms with van der Waals surface area (Å²) in [7, 11) is 0. The van der Waals surface area contributed by atoms with Gasteiger partial charge in [-0.15, -0.1) is 11.3 Å². The van der Waals surface area contributed by atoms with Gasteiger partial charge in [-0.1, -0.05) is 58.9 Å². The van der Waals surface area contributed by atoms with Gasteiger partial charge in [0.1, 0.15) is 30.0 Å². The molecule has 0 spiro atoms. The van der Waals surface area contributed by atoms with Crippen LogP contribution in [0.2, 0.25) is 0 Å². The van der Waals surface area contributed by atoms with Gasteiger partial charge in [-0.3, -0.25) is 14.4 Å². The van der Waals surface area contributed by atoms with E-state index in [1.54, 1.807) is 58.9 Å². The lowest BCUT2D eigenvalue weighted by atomic mass is 9.44. The Morgan fingerprint density at radius 2 is 1.71 bits per heavy atom. The predicted octanol–water partition coefficient (Wildman–Crippen LogP) is 3.30. The topological polar surface area (TPSA) is 215 Å². The van der Waals surface area contributed by atoms with Crippen LogP contribution in [0.4, 0.5) is 0 Å². The van der Waals surface area contributed by atoms with E-state index < -0.39 is 112 Å². The third-order valence-corrected chi connectivity index (χ3v) is 13.7. The standard InChI is InChI=1S/C43H53NO13S/c1-22-26(55-38(52)32(49)34(39(3,4)5)44-29(47)17-16-25-15-12-18-58-25)20-43(53)36(56-37(51)24-13-10-9-11-14-24)33-41(8,35(50)31(48)30(22)40(43,6)7)27(46)19-28-42(33,21-54-28)57-23(2)45/h9-18,26-28,31-34,36,46,48-49,53H,19-21H2,1-8H3,(H,44,47)/b17-16+/t26-,27-,28?,31+,32+,33-,34-,36-,41+,42-,43+/m0/s1. The summed E-state index contributed by atoms with van der Waals surface area (Å²) < 4.78 is 24.1. The Morgan fingerprint density at radius 3 is 2.28 bits per heavy atom. The fourth-order valence-electron chi connectivity index (χ4n) is 9.63. The van der Waals surface area contributed by atoms with Gasteiger partial charge in [-0.25, -0.2) is 9.59 Å². The SMILES string of the molecule is CC(=O)O[C@@]12COC1C[C@H](O)[C@@]1(C)C(=O)[C@H](O)C3=C(C)[C@@H](OC(=O)[C@H](O)[C@H](NC(=O)/C=C/c4cccs4)C(C)(C)C)C[C@@](O)([C@@H](OC(=O)c4ccccc4)[C@@H]12)C3(C)C. The van der Waals surface area contributed by atoms with E-state index in [0.717, 1.165) is 11.8 Å². The number of hydrogen-bond donors (Lipinski definition) is 5. The van der Waals surface area contributed by atoms with Crippen LogP contribution >= 0.6 is 11.3 Å². The summed E-state index contributed by atoms with van der Waals surface area (Å²) in [6.45, 7) is 12.1. The molecule has 6 rings (SSSR count). The Bertz CT molecular complexity index is 2000. The zero-order valence-corrected chi connectivity index (χ0v) is 34.7. The van der Waals surface area contributed by atoms with Crippen LogP contribution in [0, 0.1) is 22.2 Å². The van der Waals surface area contributed by atoms with Crippen LogP contribution in [-0.4, -0.2) is 110 Å². The lowest BCUT2D eigenvalue weighted by Crippen LogP contribution is -2.81. The first kappa shape index (κ1) is 43.3. The molecule has 3 fully saturated rings. The number of aliphatic hydroxyl groups is 4. The molecule has 1 aliphatic heterocycles. The predicted molar refractivity (Wildman–Crippen MR) is 210 cm³/mol. The second-order valence-corrected chi connectivity index (χ2v) is 18.7. The molecule has 2 bridgehead atoms. The third kappa shape index (κ3) is 7.13. The average Bonchev–Trinajstić information content (AvgIpc) is 3.68. The van der Waals surface area contributed by atoms with Gasteiger partial charge < -0.3 is 44.7 Å². The Kier molecular flexibility index (Phi) is 11.5. The molecule has 58 heavy (non-hydrogen) atoms. The number of fused-ring (bicyclic) bond motifs is 5. The van der Waals surface area contributed by atoms with Crippen LogP contribution in [-0.2, 0) is 38.1 Å². The molecule has 2 aromatic rings. The molecular formula is C43H53NO13S. The Balaban J connectivity index is 1.45. The van der Waals surface area contributed by atoms with Crippen molar-refractivity contribution in [2.24, 2.45) is 22.2 Å². The van der Waals surface area contributed by atoms with Gasteiger partial charge in [0.15, 0.2) is 17.5 Å². The van der Waals surface area contributed by atoms with Crippen molar-refractivity contribution >= 4 is 47.0 Å². The van der Waals surface area contributed by atoms with E-state index in [0.29, 0.717) is 0 Å². The van der Waals surface area contributed by atoms with E-state index in [1.807, 2.05) is 17.5 Å². The van der Waals surface area contributed by atoms with Crippen molar-refractivity contribution in [3.63, 3.8) is 0 Å². The van der Waals surface area contributed by atoms with Gasteiger partial charge in [-0.2, -0.15) is 0 Å². The maximum atomic E-state index is 14.9. The van der Waals surface area contributed by atoms with Crippen molar-refractivity contribution < 1.29 is 63.3 Å². The summed E-state index contributed by atoms with van der Waals surface area (Å²) in [4.78, 5) is 69.8. The number of benzene rings is 1. The van der Waals surface area contributed by atoms with Crippen LogP contribution in [0.15, 0.2) is 65.1 Å². The van der Waals surface area contributed by atoms with E-state index in [2.05, 4.69) is 5.32 Å². The lowest BCUT2D eigenvalue weighted by molar-refractivity contribution is -0.346. The number of esters is 3. The highest BCUT2D eigenvalue weighted by Crippen LogP contribution is 2.64. The summed E-state index contributed by atoms with van der Waals surface area (Å²) >= 11 is 1.42. The number of hydrogen-bond acceptors (Lipinski definition) is 14. The van der Waals surface area contributed by atoms with Crippen LogP contribution in [0.5, 0.6) is 0 Å². The smallest absolute Gasteiger partial charge is 0.338 e. The average molecular weight is 824 g/mol. The van der Waals surface area contributed by atoms with Crippen LogP contribution < -0.4 is 5.32 Å². The number of rotatable bonds is 9. The molecule has 1 aromatic carbocycles. The van der Waals surface area contributed by atoms with E-state index >= 15 is 0 Å². The van der Waals surface area contributed by atoms with E-state index in [4.69, 9.17) is 18.9 Å². The second-order valence-electron chi connectivity index (χ2n) is 17.7. The molecular weight excluding hydrogens is 771 g/mol. The van der Waals surface area contributed by atoms with Crippen LogP contribution in [0.1, 0.15) is 83.5 Å². The first-order chi connectivity index (χ1) is 27.0. The first-order valence-corrected chi connectivity index (χ1v) is 20.2. The molecule has 11 atom stereocenters. The van der Waals surface area contributed by atoms with Crippen LogP contribution in [0.25, 0.3) is 6.08 Å². The maximum Gasteiger partial charge on any atom is 0.338 e. The van der Waals surface area contributed by atoms with E-state index in [1.165, 1.54) is 43.4 Å². The van der Waals surface area contributed by atoms with Gasteiger partial charge in [0.2, 0.25) is 5.91 Å². The molecule has 3 aliphatic carbocycles. The van der Waals surface area contributed by atoms with Gasteiger partial charge >= 0.3 is 17.9 Å². The number of Topliss-reactive ketones (excluding diaryl/α,β-unsaturated/α-hetero) is 1. The fraction of sp³-hybridized carbons (Fsp3) is 0.558. The van der Waals surface area contributed by atoms with Gasteiger partial charge in [0, 0.05) is 36.1 Å². The van der Waals surface area contributed by atoms with Crippen molar-refractivity contribution in [1.82, 2.24) is 5.32 Å². The van der Waals surface area contributed by atoms with Crippen molar-refractivity contribution in [2.75, 3.05) is 6.61 Å². The molecule has 1 amide bonds. The Hall–Kier alpha value is -4.25. The number of amides is 1. The molecule has 4 aliphatic rings. The highest BCUT2D eigenvalue weighted by atomic mass is 32.1. The van der Waals surface area contributed by atoms with Crippen molar-refractivity contribution in [3.8, 4) is 0 Å². The molecule has 314 valence electrons. The lowest BCUT2D eigenvalue weighted by Gasteiger charge is -2.67. The first-order valence-electron chi connectivity index (χ1n) is 19.3. The van der Waals surface area contributed by atoms with E-state index in [-0.39, 0.29) is 29.7 Å². The summed E-state index contributed by atoms with van der Waals surface area (Å²) in [5, 5.41) is 53.5. The Morgan fingerprint density at radius 1 is 1.03 bits per heavy atom. The van der Waals surface area contributed by atoms with Gasteiger partial charge in [0.05, 0.1) is 35.6 Å². The van der Waals surface area contributed by atoms with Gasteiger partial charge in [-0.05, 0) is 60.1 Å². The molecule has 2 saturated carbocycles. The number of ether oxygens (including phenoxy) is 4. The molecule has 15 heteroatoms. The number of carbonyl (C=O) groups excluding carboxylic acids is 5. The quantitative estimate of drug-likeness (QED) is 0.106. The number of thiophene rings is 1. The summed E-state index contributed by atoms with van der Waals surface area (Å²) in [5.74, 6) is -5.82. The van der Waals surface area contributed by atoms with Crippen LogP contribution in [0.3, 0.4) is 0 Å². The second kappa shape index (κ2) is 15.4. The number of nitrogens with one attached hydrogen (secondary N) is 1. The minimum Gasteiger partial charge on any atom is -0.456 e. The molecule has 5 N–H and O–H groups in total. The highest BCUT2D eigenvalue weighted by Gasteiger charge is 2.78. The summed E-state index contributed by atoms with van der Waals surface area (Å²) in [5.41, 5.74) is -8.30. The summed E-state index contributed by atoms with van der Waals surface area (Å²) in [6, 6.07) is 10.4. The number of carbonyl (C=O) groups is 5. The highest BCUT2D eigenvalue weighted by molar-refractivity contribution is 7.10. The van der Waals surface area contributed by atoms with Crippen molar-refractivity contribution in [2.45, 2.75) is 122 Å². The third-order valence-electron chi connectivity index (χ3n) is 12.9. The monoisotopic (exact) mass is 823 g/mol. The molecule has 1 aromatic heterocycles. The van der Waals surface area contributed by atoms with Crippen molar-refractivity contribution in [3.05, 3.63) is 75.5 Å². The molecule has 1 saturated heterocycles. The van der Waals surface area contributed by atoms with Gasteiger partial charge in [0.25, 0.3) is 0 Å². The minimum atomic E-state index is -2.33. The molecule has 2 heterocycles. The van der Waals surface area contributed by atoms with Crippen molar-refractivity contribution in [1.29, 1.82) is 0 Å². The Labute approximate surface area is 341 Å². The largest absolute Gasteiger partial charge is 0.456 e. The van der Waals surface area contributed by atoms with E-state index in [9.17, 15) is 44.4 Å². The molecule has 14 nitrogen and oxygen atoms in total. The molecule has 0 radical (unpaired) electrons. The zero-order chi connectivity index (χ0) is 42.7. The number of ketones is 1. The molecule has 1 unspecified atom stereocenters. The number of aliphatic hydroxyl groups excluding tert-OH is 3.